The van der Waals surface area contributed by atoms with E-state index in [9.17, 15) is 0 Å². The second-order valence-electron chi connectivity index (χ2n) is 11.6. The third-order valence-electron chi connectivity index (χ3n) is 8.70. The number of hydrogen-bond acceptors (Lipinski definition) is 4. The van der Waals surface area contributed by atoms with Gasteiger partial charge in [0.05, 0.1) is 11.1 Å². The van der Waals surface area contributed by atoms with Crippen LogP contribution in [0.1, 0.15) is 0 Å². The Morgan fingerprint density at radius 2 is 1.04 bits per heavy atom. The van der Waals surface area contributed by atoms with Crippen LogP contribution in [-0.2, 0) is 0 Å². The monoisotopic (exact) mass is 604 g/mol. The molecule has 4 nitrogen and oxygen atoms in total. The number of hydrogen-bond donors (Lipinski definition) is 0. The summed E-state index contributed by atoms with van der Waals surface area (Å²) in [6.45, 7) is 0. The third-order valence-corrected chi connectivity index (χ3v) is 8.70. The normalized spacial score (nSPS) is 11.4. The van der Waals surface area contributed by atoms with Gasteiger partial charge in [-0.25, -0.2) is 4.98 Å². The lowest BCUT2D eigenvalue weighted by atomic mass is 9.96. The molecule has 7 aromatic carbocycles. The lowest BCUT2D eigenvalue weighted by Gasteiger charge is -2.28. The Bertz CT molecular complexity index is 2500. The Balaban J connectivity index is 1.27. The first-order valence-electron chi connectivity index (χ1n) is 15.7. The summed E-state index contributed by atoms with van der Waals surface area (Å²) in [4.78, 5) is 7.30. The molecule has 4 heteroatoms. The number of para-hydroxylation sites is 1. The van der Waals surface area contributed by atoms with Crippen LogP contribution in [0.5, 0.6) is 0 Å². The van der Waals surface area contributed by atoms with Crippen LogP contribution in [-0.4, -0.2) is 4.98 Å². The zero-order chi connectivity index (χ0) is 31.2. The van der Waals surface area contributed by atoms with E-state index >= 15 is 0 Å². The van der Waals surface area contributed by atoms with Crippen molar-refractivity contribution in [1.29, 1.82) is 0 Å². The first-order chi connectivity index (χ1) is 23.3. The molecule has 0 N–H and O–H groups in total. The quantitative estimate of drug-likeness (QED) is 0.189. The van der Waals surface area contributed by atoms with Gasteiger partial charge in [0, 0.05) is 27.9 Å². The number of fused-ring (bicyclic) bond motifs is 5. The fraction of sp³-hybridized carbons (Fsp3) is 0. The lowest BCUT2D eigenvalue weighted by Crippen LogP contribution is -2.11. The van der Waals surface area contributed by atoms with Crippen LogP contribution in [0.2, 0.25) is 0 Å². The molecule has 0 aliphatic carbocycles. The molecular formula is C43H28N2O2. The molecule has 0 fully saturated rings. The van der Waals surface area contributed by atoms with Crippen molar-refractivity contribution < 1.29 is 8.83 Å². The third kappa shape index (κ3) is 4.75. The van der Waals surface area contributed by atoms with Crippen molar-refractivity contribution in [3.63, 3.8) is 0 Å². The summed E-state index contributed by atoms with van der Waals surface area (Å²) >= 11 is 0. The fourth-order valence-corrected chi connectivity index (χ4v) is 6.48. The van der Waals surface area contributed by atoms with E-state index in [2.05, 4.69) is 132 Å². The van der Waals surface area contributed by atoms with Crippen LogP contribution in [0, 0.1) is 0 Å². The van der Waals surface area contributed by atoms with Crippen molar-refractivity contribution in [2.75, 3.05) is 4.90 Å². The second kappa shape index (κ2) is 11.2. The minimum Gasteiger partial charge on any atom is -0.456 e. The molecule has 2 aromatic heterocycles. The Hall–Kier alpha value is -6.39. The molecule has 0 amide bonds. The second-order valence-corrected chi connectivity index (χ2v) is 11.6. The predicted molar refractivity (Wildman–Crippen MR) is 192 cm³/mol. The van der Waals surface area contributed by atoms with Gasteiger partial charge in [0.25, 0.3) is 0 Å². The van der Waals surface area contributed by atoms with Gasteiger partial charge < -0.3 is 13.7 Å². The Morgan fingerprint density at radius 3 is 1.77 bits per heavy atom. The summed E-state index contributed by atoms with van der Waals surface area (Å²) in [5.41, 5.74) is 11.8. The maximum atomic E-state index is 6.38. The molecule has 47 heavy (non-hydrogen) atoms. The van der Waals surface area contributed by atoms with Crippen molar-refractivity contribution in [3.05, 3.63) is 170 Å². The Labute approximate surface area is 271 Å². The van der Waals surface area contributed by atoms with Crippen molar-refractivity contribution in [2.45, 2.75) is 0 Å². The number of furan rings is 1. The van der Waals surface area contributed by atoms with Crippen LogP contribution in [0.25, 0.3) is 66.7 Å². The highest BCUT2D eigenvalue weighted by molar-refractivity contribution is 6.17. The van der Waals surface area contributed by atoms with Crippen molar-refractivity contribution in [3.8, 4) is 33.7 Å². The van der Waals surface area contributed by atoms with Gasteiger partial charge in [-0.15, -0.1) is 0 Å². The van der Waals surface area contributed by atoms with Crippen LogP contribution < -0.4 is 4.90 Å². The van der Waals surface area contributed by atoms with Gasteiger partial charge in [-0.1, -0.05) is 103 Å². The molecule has 9 rings (SSSR count). The summed E-state index contributed by atoms with van der Waals surface area (Å²) in [7, 11) is 0. The summed E-state index contributed by atoms with van der Waals surface area (Å²) in [6, 6.07) is 58.7. The summed E-state index contributed by atoms with van der Waals surface area (Å²) in [6.07, 6.45) is 0. The first kappa shape index (κ1) is 27.0. The van der Waals surface area contributed by atoms with Crippen LogP contribution >= 0.6 is 0 Å². The Kier molecular flexibility index (Phi) is 6.43. The van der Waals surface area contributed by atoms with E-state index in [1.54, 1.807) is 0 Å². The van der Waals surface area contributed by atoms with E-state index in [-0.39, 0.29) is 0 Å². The molecule has 0 saturated carbocycles. The number of aromatic nitrogens is 1. The summed E-state index contributed by atoms with van der Waals surface area (Å²) < 4.78 is 12.6. The van der Waals surface area contributed by atoms with Gasteiger partial charge >= 0.3 is 0 Å². The largest absolute Gasteiger partial charge is 0.456 e. The van der Waals surface area contributed by atoms with Gasteiger partial charge in [0.2, 0.25) is 5.89 Å². The van der Waals surface area contributed by atoms with Gasteiger partial charge in [-0.05, 0) is 83.4 Å². The molecule has 9 aromatic rings. The maximum absolute atomic E-state index is 6.38. The number of nitrogens with zero attached hydrogens (tertiary/aromatic N) is 2. The minimum absolute atomic E-state index is 0.593. The summed E-state index contributed by atoms with van der Waals surface area (Å²) in [5, 5.41) is 1.93. The average Bonchev–Trinajstić information content (AvgIpc) is 3.75. The van der Waals surface area contributed by atoms with E-state index in [1.807, 2.05) is 42.5 Å². The molecule has 0 radical (unpaired) electrons. The zero-order valence-electron chi connectivity index (χ0n) is 25.4. The maximum Gasteiger partial charge on any atom is 0.227 e. The van der Waals surface area contributed by atoms with Gasteiger partial charge in [-0.3, -0.25) is 0 Å². The van der Waals surface area contributed by atoms with Gasteiger partial charge in [0.15, 0.2) is 5.58 Å². The van der Waals surface area contributed by atoms with Gasteiger partial charge in [-0.2, -0.15) is 0 Å². The van der Waals surface area contributed by atoms with E-state index in [0.29, 0.717) is 5.89 Å². The van der Waals surface area contributed by atoms with Crippen LogP contribution in [0.4, 0.5) is 17.1 Å². The van der Waals surface area contributed by atoms with E-state index in [4.69, 9.17) is 13.8 Å². The highest BCUT2D eigenvalue weighted by atomic mass is 16.4. The topological polar surface area (TPSA) is 42.4 Å². The molecule has 2 heterocycles. The smallest absolute Gasteiger partial charge is 0.227 e. The van der Waals surface area contributed by atoms with Crippen molar-refractivity contribution in [1.82, 2.24) is 4.98 Å². The highest BCUT2D eigenvalue weighted by Crippen LogP contribution is 2.45. The Morgan fingerprint density at radius 1 is 0.426 bits per heavy atom. The molecule has 0 saturated heterocycles. The number of oxazole rings is 1. The van der Waals surface area contributed by atoms with Crippen molar-refractivity contribution >= 4 is 50.1 Å². The molecular weight excluding hydrogens is 576 g/mol. The van der Waals surface area contributed by atoms with Crippen molar-refractivity contribution in [2.24, 2.45) is 0 Å². The molecule has 0 unspecified atom stereocenters. The van der Waals surface area contributed by atoms with Gasteiger partial charge in [0.1, 0.15) is 16.7 Å². The standard InChI is InChI=1S/C43H28N2O2/c1-5-13-29(14-6-1)32-21-23-37(35(27-32)30-15-7-2-8-16-30)45(33-19-11-4-12-20-33)34-22-24-38-36(28-34)41-39(46-38)25-26-40-42(41)44-43(47-40)31-17-9-3-10-18-31/h1-28H. The number of anilines is 3. The van der Waals surface area contributed by atoms with E-state index in [0.717, 1.165) is 66.8 Å². The molecule has 0 spiro atoms. The van der Waals surface area contributed by atoms with Crippen LogP contribution in [0.15, 0.2) is 179 Å². The predicted octanol–water partition coefficient (Wildman–Crippen LogP) is 12.2. The number of benzene rings is 7. The first-order valence-corrected chi connectivity index (χ1v) is 15.7. The lowest BCUT2D eigenvalue weighted by molar-refractivity contribution is 0.619. The molecule has 0 aliphatic heterocycles. The molecule has 0 bridgehead atoms. The van der Waals surface area contributed by atoms with E-state index in [1.165, 1.54) is 11.1 Å². The average molecular weight is 605 g/mol. The highest BCUT2D eigenvalue weighted by Gasteiger charge is 2.21. The molecule has 0 atom stereocenters. The fourth-order valence-electron chi connectivity index (χ4n) is 6.48. The minimum atomic E-state index is 0.593. The van der Waals surface area contributed by atoms with E-state index < -0.39 is 0 Å². The summed E-state index contributed by atoms with van der Waals surface area (Å²) in [5.74, 6) is 0.593. The SMILES string of the molecule is c1ccc(-c2ccc(N(c3ccccc3)c3ccc4oc5ccc6oc(-c7ccccc7)nc6c5c4c3)c(-c3ccccc3)c2)cc1. The van der Waals surface area contributed by atoms with Crippen LogP contribution in [0.3, 0.4) is 0 Å². The number of rotatable bonds is 6. The zero-order valence-corrected chi connectivity index (χ0v) is 25.4. The molecule has 0 aliphatic rings. The molecule has 222 valence electrons.